The SMILES string of the molecule is CCCCN1C(=O)c2ccc(C(=O)OCC(=O)c3ccc(SC)cc3)cc2C1=O. The molecule has 150 valence electrons. The molecule has 0 aromatic heterocycles. The van der Waals surface area contributed by atoms with Crippen molar-refractivity contribution in [3.05, 3.63) is 64.7 Å². The van der Waals surface area contributed by atoms with Crippen molar-refractivity contribution < 1.29 is 23.9 Å². The first-order chi connectivity index (χ1) is 14.0. The van der Waals surface area contributed by atoms with Gasteiger partial charge in [-0.15, -0.1) is 11.8 Å². The number of imide groups is 1. The Kier molecular flexibility index (Phi) is 6.49. The maximum atomic E-state index is 12.5. The summed E-state index contributed by atoms with van der Waals surface area (Å²) in [6.45, 7) is 1.93. The molecule has 1 aliphatic heterocycles. The number of Topliss-reactive ketones (excluding diaryl/α,β-unsaturated/α-hetero) is 1. The minimum absolute atomic E-state index is 0.132. The monoisotopic (exact) mass is 411 g/mol. The van der Waals surface area contributed by atoms with Crippen LogP contribution >= 0.6 is 11.8 Å². The molecule has 0 aliphatic carbocycles. The van der Waals surface area contributed by atoms with Crippen LogP contribution in [0.15, 0.2) is 47.4 Å². The van der Waals surface area contributed by atoms with Gasteiger partial charge in [-0.1, -0.05) is 25.5 Å². The summed E-state index contributed by atoms with van der Waals surface area (Å²) < 4.78 is 5.11. The number of carbonyl (C=O) groups is 4. The third-order valence-electron chi connectivity index (χ3n) is 4.69. The number of hydrogen-bond acceptors (Lipinski definition) is 6. The highest BCUT2D eigenvalue weighted by molar-refractivity contribution is 7.98. The topological polar surface area (TPSA) is 80.8 Å². The average molecular weight is 411 g/mol. The number of fused-ring (bicyclic) bond motifs is 1. The van der Waals surface area contributed by atoms with Crippen molar-refractivity contribution in [3.63, 3.8) is 0 Å². The molecule has 0 radical (unpaired) electrons. The van der Waals surface area contributed by atoms with E-state index >= 15 is 0 Å². The van der Waals surface area contributed by atoms with Crippen molar-refractivity contribution in [2.24, 2.45) is 0 Å². The van der Waals surface area contributed by atoms with E-state index in [9.17, 15) is 19.2 Å². The van der Waals surface area contributed by atoms with E-state index in [-0.39, 0.29) is 28.4 Å². The van der Waals surface area contributed by atoms with Crippen LogP contribution in [0.1, 0.15) is 61.2 Å². The van der Waals surface area contributed by atoms with E-state index in [2.05, 4.69) is 0 Å². The molecule has 2 aromatic rings. The van der Waals surface area contributed by atoms with Gasteiger partial charge in [-0.3, -0.25) is 19.3 Å². The van der Waals surface area contributed by atoms with Crippen molar-refractivity contribution >= 4 is 35.3 Å². The Morgan fingerprint density at radius 2 is 1.62 bits per heavy atom. The molecule has 0 saturated heterocycles. The Morgan fingerprint density at radius 1 is 0.966 bits per heavy atom. The van der Waals surface area contributed by atoms with E-state index in [1.54, 1.807) is 23.9 Å². The van der Waals surface area contributed by atoms with Gasteiger partial charge in [-0.25, -0.2) is 4.79 Å². The molecule has 3 rings (SSSR count). The number of benzene rings is 2. The first-order valence-electron chi connectivity index (χ1n) is 9.31. The first-order valence-corrected chi connectivity index (χ1v) is 10.5. The molecular weight excluding hydrogens is 390 g/mol. The molecule has 0 saturated carbocycles. The summed E-state index contributed by atoms with van der Waals surface area (Å²) in [6, 6.07) is 11.3. The zero-order valence-electron chi connectivity index (χ0n) is 16.3. The van der Waals surface area contributed by atoms with Gasteiger partial charge in [-0.05, 0) is 43.0 Å². The van der Waals surface area contributed by atoms with Gasteiger partial charge in [0.2, 0.25) is 0 Å². The lowest BCUT2D eigenvalue weighted by atomic mass is 10.1. The predicted molar refractivity (Wildman–Crippen MR) is 110 cm³/mol. The fraction of sp³-hybridized carbons (Fsp3) is 0.273. The van der Waals surface area contributed by atoms with E-state index < -0.39 is 18.5 Å². The summed E-state index contributed by atoms with van der Waals surface area (Å²) >= 11 is 1.57. The standard InChI is InChI=1S/C22H21NO5S/c1-3-4-11-23-20(25)17-10-7-15(12-18(17)21(23)26)22(27)28-13-19(24)14-5-8-16(29-2)9-6-14/h5-10,12H,3-4,11,13H2,1-2H3. The lowest BCUT2D eigenvalue weighted by molar-refractivity contribution is 0.0474. The van der Waals surface area contributed by atoms with Gasteiger partial charge >= 0.3 is 5.97 Å². The number of rotatable bonds is 8. The Balaban J connectivity index is 1.67. The minimum atomic E-state index is -0.714. The quantitative estimate of drug-likeness (QED) is 0.284. The smallest absolute Gasteiger partial charge is 0.338 e. The second-order valence-electron chi connectivity index (χ2n) is 6.60. The fourth-order valence-corrected chi connectivity index (χ4v) is 3.42. The summed E-state index contributed by atoms with van der Waals surface area (Å²) in [6.07, 6.45) is 3.52. The lowest BCUT2D eigenvalue weighted by Crippen LogP contribution is -2.30. The van der Waals surface area contributed by atoms with Gasteiger partial charge < -0.3 is 4.74 Å². The van der Waals surface area contributed by atoms with E-state index in [4.69, 9.17) is 4.74 Å². The second kappa shape index (κ2) is 9.05. The maximum Gasteiger partial charge on any atom is 0.338 e. The minimum Gasteiger partial charge on any atom is -0.454 e. The normalized spacial score (nSPS) is 12.8. The van der Waals surface area contributed by atoms with Crippen LogP contribution in [0, 0.1) is 0 Å². The van der Waals surface area contributed by atoms with Gasteiger partial charge in [0.05, 0.1) is 16.7 Å². The Labute approximate surface area is 173 Å². The van der Waals surface area contributed by atoms with Gasteiger partial charge in [0, 0.05) is 17.0 Å². The number of carbonyl (C=O) groups excluding carboxylic acids is 4. The molecule has 29 heavy (non-hydrogen) atoms. The second-order valence-corrected chi connectivity index (χ2v) is 7.48. The van der Waals surface area contributed by atoms with Gasteiger partial charge in [0.15, 0.2) is 12.4 Å². The van der Waals surface area contributed by atoms with Crippen molar-refractivity contribution in [1.82, 2.24) is 4.90 Å². The number of ketones is 1. The largest absolute Gasteiger partial charge is 0.454 e. The number of hydrogen-bond donors (Lipinski definition) is 0. The summed E-state index contributed by atoms with van der Waals surface area (Å²) in [4.78, 5) is 51.6. The van der Waals surface area contributed by atoms with Gasteiger partial charge in [0.1, 0.15) is 0 Å². The van der Waals surface area contributed by atoms with E-state index in [1.807, 2.05) is 25.3 Å². The lowest BCUT2D eigenvalue weighted by Gasteiger charge is -2.12. The maximum absolute atomic E-state index is 12.5. The fourth-order valence-electron chi connectivity index (χ4n) is 3.01. The number of amides is 2. The molecule has 6 nitrogen and oxygen atoms in total. The van der Waals surface area contributed by atoms with Crippen LogP contribution in [0.4, 0.5) is 0 Å². The molecule has 1 heterocycles. The third kappa shape index (κ3) is 4.40. The number of thioether (sulfide) groups is 1. The summed E-state index contributed by atoms with van der Waals surface area (Å²) in [5, 5.41) is 0. The molecule has 0 N–H and O–H groups in total. The van der Waals surface area contributed by atoms with Crippen LogP contribution < -0.4 is 0 Å². The van der Waals surface area contributed by atoms with E-state index in [0.717, 1.165) is 17.7 Å². The molecule has 0 unspecified atom stereocenters. The molecule has 2 amide bonds. The molecule has 7 heteroatoms. The number of ether oxygens (including phenoxy) is 1. The van der Waals surface area contributed by atoms with E-state index in [0.29, 0.717) is 12.1 Å². The number of esters is 1. The van der Waals surface area contributed by atoms with Crippen molar-refractivity contribution in [2.75, 3.05) is 19.4 Å². The number of unbranched alkanes of at least 4 members (excludes halogenated alkanes) is 1. The predicted octanol–water partition coefficient (Wildman–Crippen LogP) is 3.84. The highest BCUT2D eigenvalue weighted by atomic mass is 32.2. The van der Waals surface area contributed by atoms with Crippen LogP contribution in [0.25, 0.3) is 0 Å². The van der Waals surface area contributed by atoms with Crippen molar-refractivity contribution in [3.8, 4) is 0 Å². The van der Waals surface area contributed by atoms with Crippen LogP contribution in [0.3, 0.4) is 0 Å². The molecule has 0 bridgehead atoms. The summed E-state index contributed by atoms with van der Waals surface area (Å²) in [7, 11) is 0. The Bertz CT molecular complexity index is 968. The number of nitrogens with zero attached hydrogens (tertiary/aromatic N) is 1. The summed E-state index contributed by atoms with van der Waals surface area (Å²) in [5.74, 6) is -1.78. The van der Waals surface area contributed by atoms with Crippen molar-refractivity contribution in [2.45, 2.75) is 24.7 Å². The highest BCUT2D eigenvalue weighted by Gasteiger charge is 2.35. The Morgan fingerprint density at radius 3 is 2.28 bits per heavy atom. The van der Waals surface area contributed by atoms with E-state index in [1.165, 1.54) is 23.1 Å². The third-order valence-corrected chi connectivity index (χ3v) is 5.43. The van der Waals surface area contributed by atoms with Crippen molar-refractivity contribution in [1.29, 1.82) is 0 Å². The molecule has 0 spiro atoms. The summed E-state index contributed by atoms with van der Waals surface area (Å²) in [5.41, 5.74) is 1.07. The van der Waals surface area contributed by atoms with Gasteiger partial charge in [0.25, 0.3) is 11.8 Å². The van der Waals surface area contributed by atoms with Crippen LogP contribution in [0.5, 0.6) is 0 Å². The van der Waals surface area contributed by atoms with Crippen LogP contribution in [-0.4, -0.2) is 47.9 Å². The average Bonchev–Trinajstić information content (AvgIpc) is 2.99. The molecule has 0 atom stereocenters. The highest BCUT2D eigenvalue weighted by Crippen LogP contribution is 2.25. The first kappa shape index (κ1) is 20.8. The molecule has 2 aromatic carbocycles. The molecular formula is C22H21NO5S. The van der Waals surface area contributed by atoms with Gasteiger partial charge in [-0.2, -0.15) is 0 Å². The Hall–Kier alpha value is -2.93. The molecule has 1 aliphatic rings. The zero-order valence-corrected chi connectivity index (χ0v) is 17.1. The zero-order chi connectivity index (χ0) is 21.0. The van der Waals surface area contributed by atoms with Crippen LogP contribution in [-0.2, 0) is 4.74 Å². The van der Waals surface area contributed by atoms with Crippen LogP contribution in [0.2, 0.25) is 0 Å². The molecule has 0 fully saturated rings.